The Labute approximate surface area is 160 Å². The highest BCUT2D eigenvalue weighted by Crippen LogP contribution is 2.18. The highest BCUT2D eigenvalue weighted by atomic mass is 32.1. The van der Waals surface area contributed by atoms with Gasteiger partial charge in [0.1, 0.15) is 17.5 Å². The Balaban J connectivity index is 1.70. The Morgan fingerprint density at radius 1 is 1.26 bits per heavy atom. The molecule has 27 heavy (non-hydrogen) atoms. The molecular weight excluding hydrogens is 370 g/mol. The average Bonchev–Trinajstić information content (AvgIpc) is 2.95. The van der Waals surface area contributed by atoms with Crippen LogP contribution in [0.3, 0.4) is 0 Å². The van der Waals surface area contributed by atoms with Crippen molar-refractivity contribution in [3.63, 3.8) is 0 Å². The fourth-order valence-corrected chi connectivity index (χ4v) is 3.00. The molecule has 3 rings (SSSR count). The smallest absolute Gasteiger partial charge is 0.228 e. The third-order valence-corrected chi connectivity index (χ3v) is 4.46. The lowest BCUT2D eigenvalue weighted by atomic mass is 10.1. The van der Waals surface area contributed by atoms with Gasteiger partial charge >= 0.3 is 0 Å². The van der Waals surface area contributed by atoms with E-state index in [0.29, 0.717) is 17.1 Å². The molecule has 0 saturated heterocycles. The molecule has 2 N–H and O–H groups in total. The number of benzene rings is 2. The number of hydrogen-bond acceptors (Lipinski definition) is 3. The maximum Gasteiger partial charge on any atom is 0.228 e. The molecule has 0 aliphatic rings. The molecular formula is C19H18F2N4OS. The van der Waals surface area contributed by atoms with Crippen molar-refractivity contribution < 1.29 is 13.6 Å². The molecule has 0 spiro atoms. The molecule has 140 valence electrons. The summed E-state index contributed by atoms with van der Waals surface area (Å²) in [4.78, 5) is 12.4. The van der Waals surface area contributed by atoms with Gasteiger partial charge in [-0.1, -0.05) is 36.4 Å². The molecule has 0 aliphatic heterocycles. The molecule has 3 aromatic rings. The molecule has 8 heteroatoms. The van der Waals surface area contributed by atoms with Crippen molar-refractivity contribution in [2.45, 2.75) is 25.9 Å². The lowest BCUT2D eigenvalue weighted by Crippen LogP contribution is -2.29. The lowest BCUT2D eigenvalue weighted by Gasteiger charge is -2.15. The van der Waals surface area contributed by atoms with Crippen LogP contribution in [0.5, 0.6) is 0 Å². The first-order chi connectivity index (χ1) is 12.9. The normalized spacial score (nSPS) is 12.0. The van der Waals surface area contributed by atoms with Gasteiger partial charge in [-0.15, -0.1) is 0 Å². The number of carbonyl (C=O) groups excluding carboxylic acids is 1. The molecule has 1 aromatic heterocycles. The fourth-order valence-electron chi connectivity index (χ4n) is 2.78. The Bertz CT molecular complexity index is 1000. The first kappa shape index (κ1) is 18.9. The minimum absolute atomic E-state index is 0.0207. The van der Waals surface area contributed by atoms with Crippen LogP contribution in [0.25, 0.3) is 0 Å². The van der Waals surface area contributed by atoms with Crippen molar-refractivity contribution in [1.82, 2.24) is 20.1 Å². The number of aromatic amines is 1. The monoisotopic (exact) mass is 388 g/mol. The number of rotatable bonds is 6. The first-order valence-corrected chi connectivity index (χ1v) is 8.77. The van der Waals surface area contributed by atoms with Crippen LogP contribution in [0.4, 0.5) is 8.78 Å². The van der Waals surface area contributed by atoms with Crippen LogP contribution in [0.2, 0.25) is 0 Å². The largest absolute Gasteiger partial charge is 0.349 e. The molecule has 5 nitrogen and oxygen atoms in total. The van der Waals surface area contributed by atoms with Gasteiger partial charge in [0, 0.05) is 11.6 Å². The summed E-state index contributed by atoms with van der Waals surface area (Å²) in [7, 11) is 0. The molecule has 2 aromatic carbocycles. The quantitative estimate of drug-likeness (QED) is 0.633. The van der Waals surface area contributed by atoms with Gasteiger partial charge in [0.25, 0.3) is 0 Å². The summed E-state index contributed by atoms with van der Waals surface area (Å²) >= 11 is 5.25. The predicted octanol–water partition coefficient (Wildman–Crippen LogP) is 3.69. The number of nitrogens with one attached hydrogen (secondary N) is 2. The maximum absolute atomic E-state index is 13.9. The van der Waals surface area contributed by atoms with Crippen molar-refractivity contribution in [2.75, 3.05) is 0 Å². The molecule has 1 amide bonds. The number of nitrogens with zero attached hydrogens (tertiary/aromatic N) is 2. The van der Waals surface area contributed by atoms with Crippen molar-refractivity contribution in [3.05, 3.63) is 81.9 Å². The fraction of sp³-hybridized carbons (Fsp3) is 0.211. The van der Waals surface area contributed by atoms with Crippen LogP contribution in [-0.4, -0.2) is 20.7 Å². The van der Waals surface area contributed by atoms with E-state index in [0.717, 1.165) is 17.7 Å². The van der Waals surface area contributed by atoms with Crippen LogP contribution in [0, 0.1) is 16.4 Å². The number of hydrogen-bond donors (Lipinski definition) is 2. The van der Waals surface area contributed by atoms with Gasteiger partial charge in [-0.05, 0) is 30.8 Å². The van der Waals surface area contributed by atoms with Gasteiger partial charge in [-0.25, -0.2) is 8.78 Å². The zero-order valence-electron chi connectivity index (χ0n) is 14.6. The van der Waals surface area contributed by atoms with Gasteiger partial charge in [0.15, 0.2) is 4.77 Å². The van der Waals surface area contributed by atoms with Gasteiger partial charge in [0.2, 0.25) is 5.91 Å². The van der Waals surface area contributed by atoms with Crippen LogP contribution >= 0.6 is 12.2 Å². The highest BCUT2D eigenvalue weighted by Gasteiger charge is 2.17. The standard InChI is InChI=1S/C19H18F2N4OS/c1-12(15-8-7-14(20)9-16(15)21)22-18(26)10-17-23-24-19(27)25(17)11-13-5-3-2-4-6-13/h2-9,12H,10-11H2,1H3,(H,22,26)(H,24,27)/t12-/m1/s1. The first-order valence-electron chi connectivity index (χ1n) is 8.36. The number of halogens is 2. The van der Waals surface area contributed by atoms with E-state index in [1.165, 1.54) is 6.07 Å². The zero-order valence-corrected chi connectivity index (χ0v) is 15.4. The van der Waals surface area contributed by atoms with Crippen molar-refractivity contribution in [2.24, 2.45) is 0 Å². The molecule has 0 radical (unpaired) electrons. The topological polar surface area (TPSA) is 62.7 Å². The number of H-pyrrole nitrogens is 1. The second-order valence-corrected chi connectivity index (χ2v) is 6.54. The van der Waals surface area contributed by atoms with Crippen LogP contribution < -0.4 is 5.32 Å². The third-order valence-electron chi connectivity index (χ3n) is 4.15. The van der Waals surface area contributed by atoms with E-state index in [-0.39, 0.29) is 17.9 Å². The van der Waals surface area contributed by atoms with E-state index in [4.69, 9.17) is 12.2 Å². The summed E-state index contributed by atoms with van der Waals surface area (Å²) in [6, 6.07) is 12.3. The Morgan fingerprint density at radius 3 is 2.70 bits per heavy atom. The molecule has 0 unspecified atom stereocenters. The number of amides is 1. The summed E-state index contributed by atoms with van der Waals surface area (Å²) in [6.45, 7) is 2.12. The summed E-state index contributed by atoms with van der Waals surface area (Å²) in [5, 5.41) is 9.52. The Morgan fingerprint density at radius 2 is 2.00 bits per heavy atom. The van der Waals surface area contributed by atoms with E-state index in [9.17, 15) is 13.6 Å². The minimum Gasteiger partial charge on any atom is -0.349 e. The highest BCUT2D eigenvalue weighted by molar-refractivity contribution is 7.71. The summed E-state index contributed by atoms with van der Waals surface area (Å²) in [6.07, 6.45) is -0.0207. The van der Waals surface area contributed by atoms with Gasteiger partial charge in [0.05, 0.1) is 19.0 Å². The van der Waals surface area contributed by atoms with E-state index in [2.05, 4.69) is 15.5 Å². The predicted molar refractivity (Wildman–Crippen MR) is 99.6 cm³/mol. The van der Waals surface area contributed by atoms with Crippen LogP contribution in [0.15, 0.2) is 48.5 Å². The van der Waals surface area contributed by atoms with Gasteiger partial charge in [-0.3, -0.25) is 14.5 Å². The van der Waals surface area contributed by atoms with Crippen molar-refractivity contribution in [3.8, 4) is 0 Å². The second kappa shape index (κ2) is 8.22. The number of aromatic nitrogens is 3. The van der Waals surface area contributed by atoms with Crippen LogP contribution in [-0.2, 0) is 17.8 Å². The number of carbonyl (C=O) groups is 1. The lowest BCUT2D eigenvalue weighted by molar-refractivity contribution is -0.121. The molecule has 1 heterocycles. The van der Waals surface area contributed by atoms with Crippen molar-refractivity contribution in [1.29, 1.82) is 0 Å². The third kappa shape index (κ3) is 4.65. The van der Waals surface area contributed by atoms with E-state index in [1.807, 2.05) is 30.3 Å². The molecule has 1 atom stereocenters. The zero-order chi connectivity index (χ0) is 19.4. The van der Waals surface area contributed by atoms with Crippen molar-refractivity contribution >= 4 is 18.1 Å². The molecule has 0 bridgehead atoms. The summed E-state index contributed by atoms with van der Waals surface area (Å²) in [5.41, 5.74) is 1.24. The molecule has 0 saturated carbocycles. The van der Waals surface area contributed by atoms with E-state index < -0.39 is 17.7 Å². The summed E-state index contributed by atoms with van der Waals surface area (Å²) in [5.74, 6) is -1.22. The Hall–Kier alpha value is -2.87. The molecule has 0 fully saturated rings. The SMILES string of the molecule is C[C@@H](NC(=O)Cc1n[nH]c(=S)n1Cc1ccccc1)c1ccc(F)cc1F. The van der Waals surface area contributed by atoms with E-state index >= 15 is 0 Å². The van der Waals surface area contributed by atoms with Gasteiger partial charge in [-0.2, -0.15) is 5.10 Å². The molecule has 0 aliphatic carbocycles. The Kier molecular flexibility index (Phi) is 5.75. The van der Waals surface area contributed by atoms with Crippen LogP contribution in [0.1, 0.15) is 29.9 Å². The minimum atomic E-state index is -0.699. The second-order valence-electron chi connectivity index (χ2n) is 6.15. The average molecular weight is 388 g/mol. The summed E-state index contributed by atoms with van der Waals surface area (Å²) < 4.78 is 29.1. The van der Waals surface area contributed by atoms with Gasteiger partial charge < -0.3 is 5.32 Å². The maximum atomic E-state index is 13.9. The van der Waals surface area contributed by atoms with E-state index in [1.54, 1.807) is 11.5 Å².